The molecule has 2 heterocycles. The first-order valence-electron chi connectivity index (χ1n) is 10.9. The lowest BCUT2D eigenvalue weighted by Gasteiger charge is -2.35. The number of hydrogen-bond acceptors (Lipinski definition) is 6. The van der Waals surface area contributed by atoms with Gasteiger partial charge in [0.2, 0.25) is 0 Å². The minimum absolute atomic E-state index is 0.0168. The quantitative estimate of drug-likeness (QED) is 0.661. The first kappa shape index (κ1) is 24.0. The lowest BCUT2D eigenvalue weighted by Crippen LogP contribution is -2.49. The number of carbonyl (C=O) groups is 1. The zero-order valence-electron chi connectivity index (χ0n) is 20.0. The van der Waals surface area contributed by atoms with E-state index in [0.29, 0.717) is 24.4 Å². The summed E-state index contributed by atoms with van der Waals surface area (Å²) in [5.41, 5.74) is 0.674. The zero-order valence-corrected chi connectivity index (χ0v) is 20.0. The summed E-state index contributed by atoms with van der Waals surface area (Å²) in [6, 6.07) is 4.89. The van der Waals surface area contributed by atoms with Crippen LogP contribution in [0.1, 0.15) is 65.8 Å². The molecule has 1 aliphatic carbocycles. The zero-order chi connectivity index (χ0) is 23.7. The van der Waals surface area contributed by atoms with Crippen LogP contribution in [0.2, 0.25) is 0 Å². The molecule has 1 aliphatic rings. The van der Waals surface area contributed by atoms with Gasteiger partial charge >= 0.3 is 6.09 Å². The number of amides is 1. The van der Waals surface area contributed by atoms with Crippen LogP contribution in [-0.4, -0.2) is 38.6 Å². The highest BCUT2D eigenvalue weighted by atomic mass is 19.1. The molecule has 1 saturated carbocycles. The summed E-state index contributed by atoms with van der Waals surface area (Å²) in [5.74, 6) is 0.363. The van der Waals surface area contributed by atoms with E-state index in [-0.39, 0.29) is 30.1 Å². The minimum atomic E-state index is -0.521. The van der Waals surface area contributed by atoms with E-state index < -0.39 is 17.5 Å². The third kappa shape index (κ3) is 6.41. The Hall–Kier alpha value is -2.68. The van der Waals surface area contributed by atoms with E-state index in [0.717, 1.165) is 5.69 Å². The summed E-state index contributed by atoms with van der Waals surface area (Å²) in [6.07, 6.45) is 1.01. The van der Waals surface area contributed by atoms with Crippen molar-refractivity contribution in [2.24, 2.45) is 0 Å². The van der Waals surface area contributed by atoms with E-state index in [9.17, 15) is 9.18 Å². The van der Waals surface area contributed by atoms with Crippen molar-refractivity contribution in [3.63, 3.8) is 0 Å². The third-order valence-electron chi connectivity index (χ3n) is 4.90. The highest BCUT2D eigenvalue weighted by Gasteiger charge is 2.32. The molecule has 0 bridgehead atoms. The van der Waals surface area contributed by atoms with E-state index >= 15 is 0 Å². The molecule has 1 amide bonds. The van der Waals surface area contributed by atoms with Crippen molar-refractivity contribution < 1.29 is 18.7 Å². The molecular weight excluding hydrogens is 413 g/mol. The number of pyridine rings is 1. The van der Waals surface area contributed by atoms with Crippen LogP contribution in [-0.2, 0) is 21.6 Å². The van der Waals surface area contributed by atoms with Crippen LogP contribution in [0.3, 0.4) is 0 Å². The molecule has 2 N–H and O–H groups in total. The molecule has 2 aromatic heterocycles. The highest BCUT2D eigenvalue weighted by molar-refractivity contribution is 5.68. The van der Waals surface area contributed by atoms with Crippen LogP contribution in [0.4, 0.5) is 20.8 Å². The van der Waals surface area contributed by atoms with Crippen LogP contribution in [0, 0.1) is 12.7 Å². The van der Waals surface area contributed by atoms with Crippen molar-refractivity contribution in [1.82, 2.24) is 20.1 Å². The van der Waals surface area contributed by atoms with Crippen molar-refractivity contribution in [2.75, 3.05) is 5.32 Å². The van der Waals surface area contributed by atoms with Crippen LogP contribution < -0.4 is 10.6 Å². The molecule has 8 nitrogen and oxygen atoms in total. The van der Waals surface area contributed by atoms with Crippen molar-refractivity contribution in [2.45, 2.75) is 91.2 Å². The van der Waals surface area contributed by atoms with E-state index in [1.54, 1.807) is 6.07 Å². The second kappa shape index (κ2) is 9.05. The molecule has 3 rings (SSSR count). The molecule has 176 valence electrons. The molecule has 32 heavy (non-hydrogen) atoms. The number of aromatic nitrogens is 3. The van der Waals surface area contributed by atoms with Gasteiger partial charge < -0.3 is 20.1 Å². The Morgan fingerprint density at radius 3 is 2.53 bits per heavy atom. The number of halogens is 1. The summed E-state index contributed by atoms with van der Waals surface area (Å²) in [5, 5.41) is 10.4. The summed E-state index contributed by atoms with van der Waals surface area (Å²) in [6.45, 7) is 13.7. The number of ether oxygens (including phenoxy) is 2. The maximum atomic E-state index is 14.4. The summed E-state index contributed by atoms with van der Waals surface area (Å²) < 4.78 is 27.4. The number of carbonyl (C=O) groups excluding carboxylic acids is 1. The van der Waals surface area contributed by atoms with Crippen LogP contribution >= 0.6 is 0 Å². The maximum Gasteiger partial charge on any atom is 0.407 e. The van der Waals surface area contributed by atoms with Crippen molar-refractivity contribution in [3.05, 3.63) is 35.4 Å². The van der Waals surface area contributed by atoms with Gasteiger partial charge in [0.05, 0.1) is 29.6 Å². The van der Waals surface area contributed by atoms with Gasteiger partial charge in [-0.3, -0.25) is 0 Å². The fourth-order valence-electron chi connectivity index (χ4n) is 3.37. The van der Waals surface area contributed by atoms with Crippen LogP contribution in [0.5, 0.6) is 0 Å². The number of hydrogen-bond donors (Lipinski definition) is 2. The summed E-state index contributed by atoms with van der Waals surface area (Å²) in [7, 11) is 0. The average molecular weight is 448 g/mol. The SMILES string of the molecule is Cc1cc(Nc2nc(COC3CC(NC(=O)OC(C)(C)C)C3)ccc2F)n(C(C)(C)C)n1. The van der Waals surface area contributed by atoms with E-state index in [2.05, 4.69) is 20.7 Å². The standard InChI is InChI=1S/C23H34FN5O3/c1-14-10-19(29(28-14)22(2,3)4)27-20-18(24)9-8-15(25-20)13-31-17-11-16(12-17)26-21(30)32-23(5,6)7/h8-10,16-17H,11-13H2,1-7H3,(H,25,27)(H,26,30). The van der Waals surface area contributed by atoms with Gasteiger partial charge in [0, 0.05) is 12.1 Å². The molecule has 0 unspecified atom stereocenters. The molecule has 9 heteroatoms. The summed E-state index contributed by atoms with van der Waals surface area (Å²) >= 11 is 0. The normalized spacial score (nSPS) is 18.8. The van der Waals surface area contributed by atoms with Gasteiger partial charge in [-0.2, -0.15) is 5.10 Å². The molecule has 0 atom stereocenters. The lowest BCUT2D eigenvalue weighted by molar-refractivity contribution is -0.0302. The Kier molecular flexibility index (Phi) is 6.78. The largest absolute Gasteiger partial charge is 0.444 e. The Morgan fingerprint density at radius 2 is 1.91 bits per heavy atom. The van der Waals surface area contributed by atoms with Crippen LogP contribution in [0.15, 0.2) is 18.2 Å². The fraction of sp³-hybridized carbons (Fsp3) is 0.609. The number of nitrogens with zero attached hydrogens (tertiary/aromatic N) is 3. The Labute approximate surface area is 188 Å². The van der Waals surface area contributed by atoms with Gasteiger partial charge in [-0.1, -0.05) is 0 Å². The van der Waals surface area contributed by atoms with Gasteiger partial charge in [-0.15, -0.1) is 0 Å². The predicted octanol–water partition coefficient (Wildman–Crippen LogP) is 4.80. The maximum absolute atomic E-state index is 14.4. The highest BCUT2D eigenvalue weighted by Crippen LogP contribution is 2.27. The Morgan fingerprint density at radius 1 is 1.22 bits per heavy atom. The second-order valence-electron chi connectivity index (χ2n) is 10.3. The first-order valence-corrected chi connectivity index (χ1v) is 10.9. The number of rotatable bonds is 6. The van der Waals surface area contributed by atoms with Gasteiger partial charge in [0.15, 0.2) is 11.6 Å². The van der Waals surface area contributed by atoms with E-state index in [1.165, 1.54) is 6.07 Å². The van der Waals surface area contributed by atoms with Gasteiger partial charge in [0.25, 0.3) is 0 Å². The molecule has 2 aromatic rings. The topological polar surface area (TPSA) is 90.3 Å². The molecule has 0 aromatic carbocycles. The number of anilines is 2. The predicted molar refractivity (Wildman–Crippen MR) is 120 cm³/mol. The number of alkyl carbamates (subject to hydrolysis) is 1. The molecular formula is C23H34FN5O3. The monoisotopic (exact) mass is 447 g/mol. The average Bonchev–Trinajstić information content (AvgIpc) is 2.98. The Bertz CT molecular complexity index is 956. The third-order valence-corrected chi connectivity index (χ3v) is 4.90. The molecule has 0 saturated heterocycles. The molecule has 0 spiro atoms. The molecule has 1 fully saturated rings. The smallest absolute Gasteiger partial charge is 0.407 e. The number of nitrogens with one attached hydrogen (secondary N) is 2. The van der Waals surface area contributed by atoms with Crippen molar-refractivity contribution in [1.29, 1.82) is 0 Å². The van der Waals surface area contributed by atoms with Crippen molar-refractivity contribution in [3.8, 4) is 0 Å². The van der Waals surface area contributed by atoms with Gasteiger partial charge in [0.1, 0.15) is 11.4 Å². The van der Waals surface area contributed by atoms with Gasteiger partial charge in [-0.05, 0) is 73.4 Å². The van der Waals surface area contributed by atoms with E-state index in [4.69, 9.17) is 9.47 Å². The first-order chi connectivity index (χ1) is 14.8. The Balaban J connectivity index is 1.54. The minimum Gasteiger partial charge on any atom is -0.444 e. The molecule has 0 aliphatic heterocycles. The second-order valence-corrected chi connectivity index (χ2v) is 10.3. The van der Waals surface area contributed by atoms with Gasteiger partial charge in [-0.25, -0.2) is 18.9 Å². The fourth-order valence-corrected chi connectivity index (χ4v) is 3.37. The lowest BCUT2D eigenvalue weighted by atomic mass is 9.89. The summed E-state index contributed by atoms with van der Waals surface area (Å²) in [4.78, 5) is 16.2. The van der Waals surface area contributed by atoms with Crippen LogP contribution in [0.25, 0.3) is 0 Å². The van der Waals surface area contributed by atoms with E-state index in [1.807, 2.05) is 59.2 Å². The number of aryl methyl sites for hydroxylation is 1. The van der Waals surface area contributed by atoms with Crippen molar-refractivity contribution >= 4 is 17.7 Å². The molecule has 0 radical (unpaired) electrons.